The van der Waals surface area contributed by atoms with E-state index in [2.05, 4.69) is 19.2 Å². The number of hydrogen-bond acceptors (Lipinski definition) is 7. The number of aromatic nitrogens is 1. The van der Waals surface area contributed by atoms with E-state index in [0.29, 0.717) is 18.2 Å². The zero-order chi connectivity index (χ0) is 24.8. The molecule has 2 aliphatic rings. The van der Waals surface area contributed by atoms with E-state index in [1.807, 2.05) is 6.92 Å². The molecule has 0 bridgehead atoms. The maximum absolute atomic E-state index is 12.7. The van der Waals surface area contributed by atoms with Crippen molar-refractivity contribution in [1.82, 2.24) is 10.3 Å². The highest BCUT2D eigenvalue weighted by Crippen LogP contribution is 2.57. The van der Waals surface area contributed by atoms with Crippen molar-refractivity contribution in [3.8, 4) is 0 Å². The Kier molecular flexibility index (Phi) is 7.69. The first-order valence-corrected chi connectivity index (χ1v) is 14.3. The minimum absolute atomic E-state index is 0.00245. The number of aliphatic hydroxyl groups excluding tert-OH is 1. The fourth-order valence-electron chi connectivity index (χ4n) is 5.67. The predicted octanol–water partition coefficient (Wildman–Crippen LogP) is 3.31. The Morgan fingerprint density at radius 3 is 2.67 bits per heavy atom. The Bertz CT molecular complexity index is 968. The highest BCUT2D eigenvalue weighted by Gasteiger charge is 2.54. The van der Waals surface area contributed by atoms with Gasteiger partial charge in [-0.25, -0.2) is 13.4 Å². The van der Waals surface area contributed by atoms with Gasteiger partial charge in [-0.05, 0) is 57.3 Å². The van der Waals surface area contributed by atoms with Crippen molar-refractivity contribution in [1.29, 1.82) is 0 Å². The fourth-order valence-corrected chi connectivity index (χ4v) is 8.36. The van der Waals surface area contributed by atoms with E-state index in [4.69, 9.17) is 9.72 Å². The molecule has 188 valence electrons. The lowest BCUT2D eigenvalue weighted by atomic mass is 9.53. The number of nitrogens with zero attached hydrogens (tertiary/aromatic N) is 1. The summed E-state index contributed by atoms with van der Waals surface area (Å²) in [6, 6.07) is 0. The van der Waals surface area contributed by atoms with Crippen LogP contribution in [0.1, 0.15) is 75.9 Å². The van der Waals surface area contributed by atoms with Crippen LogP contribution in [-0.2, 0) is 31.5 Å². The number of rotatable bonds is 7. The number of carbonyl (C=O) groups excluding carboxylic acids is 1. The molecule has 1 unspecified atom stereocenters. The number of ether oxygens (including phenoxy) is 1. The third-order valence-electron chi connectivity index (χ3n) is 7.87. The molecule has 0 aromatic carbocycles. The lowest BCUT2D eigenvalue weighted by Crippen LogP contribution is -2.53. The summed E-state index contributed by atoms with van der Waals surface area (Å²) in [4.78, 5) is 18.6. The first kappa shape index (κ1) is 26.6. The molecule has 6 atom stereocenters. The standard InChI is InChI=1S/C24H40N2O5S2/c1-14(22(28)25-10-11-31-7)16-8-9-24(6)12-17-20(15(2)19(24)21(16)27)26-18(32-17)13-33(29,30)23(3,4)5/h14-16,19,21,27H,8-13H2,1-7H3,(H,25,28)/t14-,15-,16?,19+,21-,24-/m0/s1. The quantitative estimate of drug-likeness (QED) is 0.557. The summed E-state index contributed by atoms with van der Waals surface area (Å²) in [5.74, 6) is -0.527. The molecule has 7 nitrogen and oxygen atoms in total. The molecule has 0 saturated heterocycles. The second-order valence-electron chi connectivity index (χ2n) is 11.2. The summed E-state index contributed by atoms with van der Waals surface area (Å²) >= 11 is 1.51. The number of aliphatic hydroxyl groups is 1. The van der Waals surface area contributed by atoms with E-state index in [0.717, 1.165) is 29.8 Å². The zero-order valence-electron chi connectivity index (χ0n) is 21.0. The van der Waals surface area contributed by atoms with Gasteiger partial charge in [-0.2, -0.15) is 0 Å². The van der Waals surface area contributed by atoms with Crippen LogP contribution in [0.4, 0.5) is 0 Å². The lowest BCUT2D eigenvalue weighted by Gasteiger charge is -2.53. The summed E-state index contributed by atoms with van der Waals surface area (Å²) in [5, 5.41) is 15.0. The summed E-state index contributed by atoms with van der Waals surface area (Å²) in [7, 11) is -1.71. The smallest absolute Gasteiger partial charge is 0.223 e. The Morgan fingerprint density at radius 1 is 1.39 bits per heavy atom. The molecule has 1 fully saturated rings. The van der Waals surface area contributed by atoms with Crippen LogP contribution in [0.15, 0.2) is 0 Å². The monoisotopic (exact) mass is 500 g/mol. The van der Waals surface area contributed by atoms with Crippen LogP contribution < -0.4 is 5.32 Å². The van der Waals surface area contributed by atoms with Crippen LogP contribution in [-0.4, -0.2) is 55.5 Å². The van der Waals surface area contributed by atoms with Crippen molar-refractivity contribution in [3.63, 3.8) is 0 Å². The number of hydrogen-bond donors (Lipinski definition) is 2. The number of thiazole rings is 1. The fraction of sp³-hybridized carbons (Fsp3) is 0.833. The Morgan fingerprint density at radius 2 is 2.06 bits per heavy atom. The van der Waals surface area contributed by atoms with Gasteiger partial charge in [0.25, 0.3) is 0 Å². The number of fused-ring (bicyclic) bond motifs is 2. The van der Waals surface area contributed by atoms with E-state index in [1.165, 1.54) is 11.3 Å². The van der Waals surface area contributed by atoms with E-state index in [1.54, 1.807) is 27.9 Å². The molecule has 1 aromatic rings. The van der Waals surface area contributed by atoms with Gasteiger partial charge in [0.15, 0.2) is 9.84 Å². The lowest BCUT2D eigenvalue weighted by molar-refractivity contribution is -0.135. The van der Waals surface area contributed by atoms with Gasteiger partial charge in [0.05, 0.1) is 23.2 Å². The Labute approximate surface area is 202 Å². The van der Waals surface area contributed by atoms with Gasteiger partial charge in [-0.15, -0.1) is 11.3 Å². The molecule has 1 aromatic heterocycles. The highest BCUT2D eigenvalue weighted by atomic mass is 32.2. The van der Waals surface area contributed by atoms with Gasteiger partial charge in [-0.3, -0.25) is 4.79 Å². The van der Waals surface area contributed by atoms with Crippen LogP contribution in [0.2, 0.25) is 0 Å². The van der Waals surface area contributed by atoms with Crippen LogP contribution in [0.25, 0.3) is 0 Å². The van der Waals surface area contributed by atoms with Gasteiger partial charge in [0, 0.05) is 30.4 Å². The van der Waals surface area contributed by atoms with Crippen molar-refractivity contribution in [2.45, 2.75) is 83.3 Å². The van der Waals surface area contributed by atoms with Crippen LogP contribution >= 0.6 is 11.3 Å². The Hall–Kier alpha value is -1.03. The molecule has 1 saturated carbocycles. The maximum atomic E-state index is 12.7. The van der Waals surface area contributed by atoms with Gasteiger partial charge in [0.1, 0.15) is 10.8 Å². The molecular formula is C24H40N2O5S2. The van der Waals surface area contributed by atoms with E-state index < -0.39 is 20.7 Å². The van der Waals surface area contributed by atoms with Gasteiger partial charge < -0.3 is 15.2 Å². The molecule has 1 heterocycles. The van der Waals surface area contributed by atoms with Crippen LogP contribution in [0.3, 0.4) is 0 Å². The third kappa shape index (κ3) is 5.16. The topological polar surface area (TPSA) is 106 Å². The number of carbonyl (C=O) groups is 1. The van der Waals surface area contributed by atoms with Crippen LogP contribution in [0.5, 0.6) is 0 Å². The normalized spacial score (nSPS) is 30.9. The van der Waals surface area contributed by atoms with Gasteiger partial charge in [-0.1, -0.05) is 20.8 Å². The largest absolute Gasteiger partial charge is 0.392 e. The second-order valence-corrected chi connectivity index (χ2v) is 15.1. The van der Waals surface area contributed by atoms with Crippen molar-refractivity contribution < 1.29 is 23.1 Å². The predicted molar refractivity (Wildman–Crippen MR) is 131 cm³/mol. The molecule has 2 N–H and O–H groups in total. The van der Waals surface area contributed by atoms with E-state index >= 15 is 0 Å². The van der Waals surface area contributed by atoms with Crippen molar-refractivity contribution in [2.75, 3.05) is 20.3 Å². The second kappa shape index (κ2) is 9.55. The SMILES string of the molecule is COCCNC(=O)[C@@H](C)C1CC[C@@]2(C)Cc3sc(CS(=O)(=O)C(C)(C)C)nc3[C@@H](C)[C@@H]2[C@H]1O. The summed E-state index contributed by atoms with van der Waals surface area (Å²) in [6.45, 7) is 12.3. The highest BCUT2D eigenvalue weighted by molar-refractivity contribution is 7.92. The number of amides is 1. The van der Waals surface area contributed by atoms with Crippen LogP contribution in [0, 0.1) is 23.2 Å². The van der Waals surface area contributed by atoms with Gasteiger partial charge >= 0.3 is 0 Å². The average molecular weight is 501 g/mol. The van der Waals surface area contributed by atoms with Crippen molar-refractivity contribution in [2.24, 2.45) is 23.2 Å². The molecule has 1 amide bonds. The molecule has 9 heteroatoms. The molecule has 0 aliphatic heterocycles. The van der Waals surface area contributed by atoms with Crippen molar-refractivity contribution >= 4 is 27.1 Å². The molecule has 2 aliphatic carbocycles. The number of methoxy groups -OCH3 is 1. The van der Waals surface area contributed by atoms with Crippen molar-refractivity contribution in [3.05, 3.63) is 15.6 Å². The Balaban J connectivity index is 1.82. The zero-order valence-corrected chi connectivity index (χ0v) is 22.6. The maximum Gasteiger partial charge on any atom is 0.223 e. The third-order valence-corrected chi connectivity index (χ3v) is 11.6. The molecular weight excluding hydrogens is 460 g/mol. The molecule has 0 radical (unpaired) electrons. The summed E-state index contributed by atoms with van der Waals surface area (Å²) in [5.41, 5.74) is 0.833. The van der Waals surface area contributed by atoms with Gasteiger partial charge in [0.2, 0.25) is 5.91 Å². The summed E-state index contributed by atoms with van der Waals surface area (Å²) in [6.07, 6.45) is 1.90. The molecule has 3 rings (SSSR count). The first-order chi connectivity index (χ1) is 15.2. The molecule has 33 heavy (non-hydrogen) atoms. The first-order valence-electron chi connectivity index (χ1n) is 11.9. The van der Waals surface area contributed by atoms with E-state index in [-0.39, 0.29) is 40.7 Å². The van der Waals surface area contributed by atoms with E-state index in [9.17, 15) is 18.3 Å². The number of sulfone groups is 1. The minimum Gasteiger partial charge on any atom is -0.392 e. The average Bonchev–Trinajstić information content (AvgIpc) is 3.08. The molecule has 0 spiro atoms. The number of nitrogens with one attached hydrogen (secondary N) is 1. The minimum atomic E-state index is -3.31. The summed E-state index contributed by atoms with van der Waals surface area (Å²) < 4.78 is 29.7.